The van der Waals surface area contributed by atoms with E-state index in [0.717, 1.165) is 6.92 Å². The zero-order valence-corrected chi connectivity index (χ0v) is 3.60. The van der Waals surface area contributed by atoms with Crippen LogP contribution in [0.15, 0.2) is 0 Å². The van der Waals surface area contributed by atoms with E-state index in [1.807, 2.05) is 0 Å². The quantitative estimate of drug-likeness (QED) is 0.476. The minimum atomic E-state index is -0.833. The molecule has 0 aliphatic carbocycles. The Morgan fingerprint density at radius 1 is 1.67 bits per heavy atom. The zero-order valence-electron chi connectivity index (χ0n) is 2.66. The van der Waals surface area contributed by atoms with Gasteiger partial charge in [0.05, 0.1) is 0 Å². The fourth-order valence-corrected chi connectivity index (χ4v) is 0. The second-order valence-corrected chi connectivity index (χ2v) is 0.519. The van der Waals surface area contributed by atoms with Crippen molar-refractivity contribution in [3.05, 3.63) is 0 Å². The molecule has 1 N–H and O–H groups in total. The van der Waals surface area contributed by atoms with Crippen LogP contribution < -0.4 is 0 Å². The molecule has 0 amide bonds. The molecule has 0 unspecified atom stereocenters. The first-order valence-electron chi connectivity index (χ1n) is 0.928. The van der Waals surface area contributed by atoms with Gasteiger partial charge < -0.3 is 5.11 Å². The normalized spacial score (nSPS) is 4.17. The molecule has 1 radical (unpaired) electrons. The van der Waals surface area contributed by atoms with Crippen LogP contribution in [0.25, 0.3) is 0 Å². The topological polar surface area (TPSA) is 37.3 Å². The molecule has 2 nitrogen and oxygen atoms in total. The SMILES string of the molecule is CC(=O)O.[CaH2].[Cu]. The van der Waals surface area contributed by atoms with Gasteiger partial charge in [0.2, 0.25) is 0 Å². The molecular formula is C2H6CaCuO2. The monoisotopic (exact) mass is 165 g/mol. The van der Waals surface area contributed by atoms with Gasteiger partial charge in [0, 0.05) is 24.0 Å². The van der Waals surface area contributed by atoms with Crippen LogP contribution in [0.5, 0.6) is 0 Å². The van der Waals surface area contributed by atoms with Gasteiger partial charge in [-0.2, -0.15) is 0 Å². The smallest absolute Gasteiger partial charge is 0 e. The van der Waals surface area contributed by atoms with Crippen LogP contribution in [0.3, 0.4) is 0 Å². The van der Waals surface area contributed by atoms with E-state index >= 15 is 0 Å². The number of hydrogen-bond acceptors (Lipinski definition) is 1. The predicted octanol–water partition coefficient (Wildman–Crippen LogP) is -0.828. The van der Waals surface area contributed by atoms with Gasteiger partial charge in [0.15, 0.2) is 0 Å². The average molecular weight is 166 g/mol. The van der Waals surface area contributed by atoms with E-state index in [4.69, 9.17) is 9.90 Å². The first-order chi connectivity index (χ1) is 1.73. The van der Waals surface area contributed by atoms with Gasteiger partial charge in [-0.05, 0) is 0 Å². The molecule has 0 bridgehead atoms. The average Bonchev–Trinajstić information content (AvgIpc) is 0.811. The predicted molar refractivity (Wildman–Crippen MR) is 21.9 cm³/mol. The zero-order chi connectivity index (χ0) is 3.58. The molecule has 39 valence electrons. The number of aliphatic carboxylic acids is 1. The Kier molecular flexibility index (Phi) is 24.9. The molecular weight excluding hydrogens is 160 g/mol. The summed E-state index contributed by atoms with van der Waals surface area (Å²) in [5.74, 6) is -0.833. The summed E-state index contributed by atoms with van der Waals surface area (Å²) in [6.07, 6.45) is 0. The standard InChI is InChI=1S/C2H4O2.Ca.Cu.2H/c1-2(3)4;;;;/h1H3,(H,3,4);;;;. The molecule has 0 spiro atoms. The third-order valence-corrected chi connectivity index (χ3v) is 0. The summed E-state index contributed by atoms with van der Waals surface area (Å²) in [4.78, 5) is 9.00. The summed E-state index contributed by atoms with van der Waals surface area (Å²) >= 11 is 0. The van der Waals surface area contributed by atoms with E-state index in [1.54, 1.807) is 0 Å². The number of carboxylic acids is 1. The van der Waals surface area contributed by atoms with Gasteiger partial charge in [-0.25, -0.2) is 0 Å². The largest absolute Gasteiger partial charge is 0 e. The van der Waals surface area contributed by atoms with Crippen molar-refractivity contribution < 1.29 is 27.0 Å². The summed E-state index contributed by atoms with van der Waals surface area (Å²) in [5, 5.41) is 7.42. The molecule has 0 aromatic rings. The third kappa shape index (κ3) is 60.7. The summed E-state index contributed by atoms with van der Waals surface area (Å²) in [5.41, 5.74) is 0. The first-order valence-corrected chi connectivity index (χ1v) is 0.928. The van der Waals surface area contributed by atoms with Gasteiger partial charge in [-0.15, -0.1) is 0 Å². The van der Waals surface area contributed by atoms with Crippen LogP contribution >= 0.6 is 0 Å². The summed E-state index contributed by atoms with van der Waals surface area (Å²) < 4.78 is 0. The molecule has 0 fully saturated rings. The van der Waals surface area contributed by atoms with Crippen LogP contribution in [-0.2, 0) is 21.9 Å². The minimum absolute atomic E-state index is 0. The fourth-order valence-electron chi connectivity index (χ4n) is 0. The van der Waals surface area contributed by atoms with Gasteiger partial charge in [-0.3, -0.25) is 4.79 Å². The van der Waals surface area contributed by atoms with Gasteiger partial charge in [-0.1, -0.05) is 0 Å². The van der Waals surface area contributed by atoms with Crippen molar-refractivity contribution in [2.45, 2.75) is 6.92 Å². The molecule has 0 saturated carbocycles. The van der Waals surface area contributed by atoms with E-state index in [-0.39, 0.29) is 54.8 Å². The first kappa shape index (κ1) is 15.7. The van der Waals surface area contributed by atoms with E-state index in [9.17, 15) is 0 Å². The fraction of sp³-hybridized carbons (Fsp3) is 0.500. The Morgan fingerprint density at radius 3 is 1.67 bits per heavy atom. The maximum absolute atomic E-state index is 9.00. The number of carboxylic acid groups (broad SMARTS) is 1. The molecule has 4 heteroatoms. The second kappa shape index (κ2) is 9.54. The van der Waals surface area contributed by atoms with Gasteiger partial charge >= 0.3 is 37.7 Å². The number of carbonyl (C=O) groups is 1. The van der Waals surface area contributed by atoms with Crippen LogP contribution in [0.4, 0.5) is 0 Å². The van der Waals surface area contributed by atoms with Crippen molar-refractivity contribution in [1.29, 1.82) is 0 Å². The van der Waals surface area contributed by atoms with Crippen LogP contribution in [0.1, 0.15) is 6.92 Å². The maximum Gasteiger partial charge on any atom is 0 e. The Morgan fingerprint density at radius 2 is 1.67 bits per heavy atom. The van der Waals surface area contributed by atoms with Crippen LogP contribution in [0.2, 0.25) is 0 Å². The Balaban J connectivity index is -0.0000000450. The van der Waals surface area contributed by atoms with Crippen molar-refractivity contribution in [3.63, 3.8) is 0 Å². The molecule has 6 heavy (non-hydrogen) atoms. The molecule has 0 rings (SSSR count). The molecule has 0 atom stereocenters. The molecule has 0 aromatic carbocycles. The van der Waals surface area contributed by atoms with Crippen molar-refractivity contribution >= 4 is 43.7 Å². The van der Waals surface area contributed by atoms with Crippen LogP contribution in [-0.4, -0.2) is 48.8 Å². The minimum Gasteiger partial charge on any atom is 0 e. The van der Waals surface area contributed by atoms with Crippen molar-refractivity contribution in [3.8, 4) is 0 Å². The third-order valence-electron chi connectivity index (χ3n) is 0. The van der Waals surface area contributed by atoms with Gasteiger partial charge in [0.1, 0.15) is 0 Å². The van der Waals surface area contributed by atoms with E-state index in [2.05, 4.69) is 0 Å². The van der Waals surface area contributed by atoms with E-state index < -0.39 is 5.97 Å². The Hall–Kier alpha value is 1.25. The molecule has 0 aliphatic rings. The molecule has 0 aliphatic heterocycles. The van der Waals surface area contributed by atoms with Crippen molar-refractivity contribution in [2.24, 2.45) is 0 Å². The van der Waals surface area contributed by atoms with Crippen LogP contribution in [0, 0.1) is 0 Å². The Bertz CT molecular complexity index is 34.5. The summed E-state index contributed by atoms with van der Waals surface area (Å²) in [6.45, 7) is 1.08. The second-order valence-electron chi connectivity index (χ2n) is 0.519. The van der Waals surface area contributed by atoms with Crippen molar-refractivity contribution in [2.75, 3.05) is 0 Å². The number of rotatable bonds is 0. The van der Waals surface area contributed by atoms with Crippen molar-refractivity contribution in [1.82, 2.24) is 0 Å². The van der Waals surface area contributed by atoms with E-state index in [1.165, 1.54) is 0 Å². The van der Waals surface area contributed by atoms with Gasteiger partial charge in [0.25, 0.3) is 5.97 Å². The molecule has 0 heterocycles. The molecule has 0 aromatic heterocycles. The Labute approximate surface area is 76.8 Å². The molecule has 0 saturated heterocycles. The van der Waals surface area contributed by atoms with E-state index in [0.29, 0.717) is 0 Å². The summed E-state index contributed by atoms with van der Waals surface area (Å²) in [6, 6.07) is 0. The summed E-state index contributed by atoms with van der Waals surface area (Å²) in [7, 11) is 0. The maximum atomic E-state index is 9.00. The number of hydrogen-bond donors (Lipinski definition) is 1.